The summed E-state index contributed by atoms with van der Waals surface area (Å²) in [6.07, 6.45) is 4.20. The molecule has 1 atom stereocenters. The van der Waals surface area contributed by atoms with Crippen molar-refractivity contribution < 1.29 is 9.66 Å². The normalized spacial score (nSPS) is 16.1. The summed E-state index contributed by atoms with van der Waals surface area (Å²) in [5.41, 5.74) is 0.322. The summed E-state index contributed by atoms with van der Waals surface area (Å²) in [5.74, 6) is 0.626. The van der Waals surface area contributed by atoms with Crippen molar-refractivity contribution in [2.45, 2.75) is 32.2 Å². The fraction of sp³-hybridized carbons (Fsp3) is 0.667. The quantitative estimate of drug-likeness (QED) is 0.591. The molecular weight excluding hydrogens is 248 g/mol. The molecular formula is C12H18N4O3. The van der Waals surface area contributed by atoms with E-state index in [0.717, 1.165) is 6.54 Å². The average Bonchev–Trinajstić information content (AvgIpc) is 3.21. The molecule has 7 heteroatoms. The van der Waals surface area contributed by atoms with Crippen LogP contribution in [0.2, 0.25) is 0 Å². The van der Waals surface area contributed by atoms with E-state index in [0.29, 0.717) is 18.0 Å². The molecule has 7 nitrogen and oxygen atoms in total. The third-order valence-electron chi connectivity index (χ3n) is 3.31. The first-order valence-corrected chi connectivity index (χ1v) is 6.43. The summed E-state index contributed by atoms with van der Waals surface area (Å²) >= 11 is 0. The Balaban J connectivity index is 2.25. The Morgan fingerprint density at radius 2 is 2.32 bits per heavy atom. The fourth-order valence-electron chi connectivity index (χ4n) is 2.25. The van der Waals surface area contributed by atoms with Crippen molar-refractivity contribution in [1.82, 2.24) is 15.3 Å². The van der Waals surface area contributed by atoms with Crippen LogP contribution in [0, 0.1) is 16.0 Å². The number of nitrogens with one attached hydrogen (secondary N) is 1. The van der Waals surface area contributed by atoms with Crippen LogP contribution in [0.4, 0.5) is 5.69 Å². The van der Waals surface area contributed by atoms with Crippen LogP contribution in [-0.2, 0) is 6.42 Å². The van der Waals surface area contributed by atoms with Gasteiger partial charge in [-0.05, 0) is 25.3 Å². The van der Waals surface area contributed by atoms with Crippen molar-refractivity contribution in [1.29, 1.82) is 0 Å². The molecule has 1 saturated carbocycles. The number of hydrogen-bond donors (Lipinski definition) is 1. The third-order valence-corrected chi connectivity index (χ3v) is 3.31. The van der Waals surface area contributed by atoms with Gasteiger partial charge in [0.05, 0.1) is 12.0 Å². The van der Waals surface area contributed by atoms with E-state index in [4.69, 9.17) is 4.74 Å². The van der Waals surface area contributed by atoms with Gasteiger partial charge >= 0.3 is 5.69 Å². The number of hydrogen-bond acceptors (Lipinski definition) is 6. The molecule has 2 rings (SSSR count). The van der Waals surface area contributed by atoms with Crippen molar-refractivity contribution >= 4 is 5.69 Å². The Kier molecular flexibility index (Phi) is 4.26. The second-order valence-electron chi connectivity index (χ2n) is 4.64. The van der Waals surface area contributed by atoms with Crippen LogP contribution in [-0.4, -0.2) is 34.6 Å². The molecule has 1 fully saturated rings. The van der Waals surface area contributed by atoms with Gasteiger partial charge in [-0.15, -0.1) is 0 Å². The molecule has 104 valence electrons. The first kappa shape index (κ1) is 13.7. The molecule has 1 unspecified atom stereocenters. The third kappa shape index (κ3) is 3.17. The van der Waals surface area contributed by atoms with E-state index in [1.807, 2.05) is 6.92 Å². The minimum absolute atomic E-state index is 0.0287. The molecule has 0 bridgehead atoms. The lowest BCUT2D eigenvalue weighted by Gasteiger charge is -2.16. The van der Waals surface area contributed by atoms with Crippen molar-refractivity contribution in [2.24, 2.45) is 5.92 Å². The molecule has 1 aromatic heterocycles. The smallest absolute Gasteiger partial charge is 0.352 e. The standard InChI is InChI=1S/C12H18N4O3/c1-3-13-9(8-4-5-8)6-10-11(16(17)18)12(19-2)15-7-14-10/h7-9,13H,3-6H2,1-2H3. The van der Waals surface area contributed by atoms with Crippen LogP contribution in [0.15, 0.2) is 6.33 Å². The second-order valence-corrected chi connectivity index (χ2v) is 4.64. The van der Waals surface area contributed by atoms with Gasteiger partial charge in [-0.2, -0.15) is 4.98 Å². The van der Waals surface area contributed by atoms with E-state index in [9.17, 15) is 10.1 Å². The largest absolute Gasteiger partial charge is 0.476 e. The van der Waals surface area contributed by atoms with Gasteiger partial charge in [0.15, 0.2) is 0 Å². The van der Waals surface area contributed by atoms with E-state index in [1.165, 1.54) is 26.3 Å². The van der Waals surface area contributed by atoms with Gasteiger partial charge in [-0.25, -0.2) is 4.98 Å². The van der Waals surface area contributed by atoms with E-state index < -0.39 is 4.92 Å². The fourth-order valence-corrected chi connectivity index (χ4v) is 2.25. The van der Waals surface area contributed by atoms with Gasteiger partial charge in [0.2, 0.25) is 0 Å². The number of rotatable bonds is 7. The van der Waals surface area contributed by atoms with Crippen LogP contribution < -0.4 is 10.1 Å². The van der Waals surface area contributed by atoms with Gasteiger partial charge in [0.1, 0.15) is 12.0 Å². The maximum absolute atomic E-state index is 11.2. The minimum atomic E-state index is -0.468. The monoisotopic (exact) mass is 266 g/mol. The Hall–Kier alpha value is -1.76. The van der Waals surface area contributed by atoms with Crippen molar-refractivity contribution in [3.63, 3.8) is 0 Å². The Labute approximate surface area is 111 Å². The summed E-state index contributed by atoms with van der Waals surface area (Å²) in [7, 11) is 1.38. The topological polar surface area (TPSA) is 90.2 Å². The van der Waals surface area contributed by atoms with Crippen molar-refractivity contribution in [3.05, 3.63) is 22.1 Å². The summed E-state index contributed by atoms with van der Waals surface area (Å²) in [6, 6.07) is 0.239. The maximum Gasteiger partial charge on any atom is 0.352 e. The first-order chi connectivity index (χ1) is 9.17. The zero-order valence-corrected chi connectivity index (χ0v) is 11.1. The van der Waals surface area contributed by atoms with Crippen LogP contribution in [0.5, 0.6) is 5.88 Å². The number of likely N-dealkylation sites (N-methyl/N-ethyl adjacent to an activating group) is 1. The van der Waals surface area contributed by atoms with Gasteiger partial charge < -0.3 is 10.1 Å². The van der Waals surface area contributed by atoms with Crippen LogP contribution >= 0.6 is 0 Å². The summed E-state index contributed by atoms with van der Waals surface area (Å²) in [5, 5.41) is 14.5. The lowest BCUT2D eigenvalue weighted by molar-refractivity contribution is -0.387. The summed E-state index contributed by atoms with van der Waals surface area (Å²) < 4.78 is 4.95. The van der Waals surface area contributed by atoms with Gasteiger partial charge in [-0.3, -0.25) is 10.1 Å². The minimum Gasteiger partial charge on any atom is -0.476 e. The van der Waals surface area contributed by atoms with Crippen LogP contribution in [0.1, 0.15) is 25.5 Å². The summed E-state index contributed by atoms with van der Waals surface area (Å²) in [4.78, 5) is 18.5. The SMILES string of the molecule is CCNC(Cc1ncnc(OC)c1[N+](=O)[O-])C1CC1. The van der Waals surface area contributed by atoms with E-state index >= 15 is 0 Å². The van der Waals surface area contributed by atoms with Crippen molar-refractivity contribution in [2.75, 3.05) is 13.7 Å². The molecule has 1 aromatic rings. The second kappa shape index (κ2) is 5.92. The Morgan fingerprint density at radius 3 is 2.84 bits per heavy atom. The molecule has 0 spiro atoms. The predicted molar refractivity (Wildman–Crippen MR) is 69.1 cm³/mol. The van der Waals surface area contributed by atoms with Gasteiger partial charge in [-0.1, -0.05) is 6.92 Å². The maximum atomic E-state index is 11.2. The molecule has 0 radical (unpaired) electrons. The highest BCUT2D eigenvalue weighted by atomic mass is 16.6. The molecule has 1 N–H and O–H groups in total. The van der Waals surface area contributed by atoms with Gasteiger partial charge in [0, 0.05) is 12.5 Å². The number of nitro groups is 1. The number of ether oxygens (including phenoxy) is 1. The highest BCUT2D eigenvalue weighted by molar-refractivity contribution is 5.45. The molecule has 1 aliphatic rings. The Bertz CT molecular complexity index is 462. The predicted octanol–water partition coefficient (Wildman–Crippen LogP) is 1.32. The Morgan fingerprint density at radius 1 is 1.58 bits per heavy atom. The van der Waals surface area contributed by atoms with E-state index in [2.05, 4.69) is 15.3 Å². The summed E-state index contributed by atoms with van der Waals surface area (Å²) in [6.45, 7) is 2.88. The average molecular weight is 266 g/mol. The highest BCUT2D eigenvalue weighted by Crippen LogP contribution is 2.36. The molecule has 19 heavy (non-hydrogen) atoms. The molecule has 0 aromatic carbocycles. The number of aromatic nitrogens is 2. The molecule has 1 heterocycles. The molecule has 0 saturated heterocycles. The van der Waals surface area contributed by atoms with E-state index in [1.54, 1.807) is 0 Å². The number of nitrogens with zero attached hydrogens (tertiary/aromatic N) is 3. The van der Waals surface area contributed by atoms with Crippen molar-refractivity contribution in [3.8, 4) is 5.88 Å². The lowest BCUT2D eigenvalue weighted by Crippen LogP contribution is -2.33. The van der Waals surface area contributed by atoms with E-state index in [-0.39, 0.29) is 17.6 Å². The molecule has 0 amide bonds. The highest BCUT2D eigenvalue weighted by Gasteiger charge is 2.34. The zero-order valence-electron chi connectivity index (χ0n) is 11.1. The lowest BCUT2D eigenvalue weighted by atomic mass is 10.1. The number of methoxy groups -OCH3 is 1. The van der Waals surface area contributed by atoms with Gasteiger partial charge in [0.25, 0.3) is 5.88 Å². The zero-order chi connectivity index (χ0) is 13.8. The molecule has 0 aliphatic heterocycles. The first-order valence-electron chi connectivity index (χ1n) is 6.43. The van der Waals surface area contributed by atoms with Crippen LogP contribution in [0.25, 0.3) is 0 Å². The van der Waals surface area contributed by atoms with Crippen LogP contribution in [0.3, 0.4) is 0 Å². The molecule has 1 aliphatic carbocycles.